The largest absolute Gasteiger partial charge is 0.481 e. The van der Waals surface area contributed by atoms with Crippen LogP contribution in [-0.4, -0.2) is 108 Å². The Kier molecular flexibility index (Phi) is 23.1. The van der Waals surface area contributed by atoms with Crippen molar-refractivity contribution in [3.05, 3.63) is 0 Å². The van der Waals surface area contributed by atoms with E-state index in [-0.39, 0.29) is 25.2 Å². The van der Waals surface area contributed by atoms with Crippen LogP contribution in [0.15, 0.2) is 0 Å². The number of aliphatic carboxylic acids is 4. The molecule has 0 radical (unpaired) electrons. The molecule has 0 amide bonds. The molecule has 10 atom stereocenters. The van der Waals surface area contributed by atoms with Crippen molar-refractivity contribution < 1.29 is 74.0 Å². The van der Waals surface area contributed by atoms with Crippen LogP contribution in [0, 0.1) is 23.7 Å². The number of aliphatic hydroxyl groups excluding tert-OH is 3. The zero-order valence-corrected chi connectivity index (χ0v) is 29.6. The highest BCUT2D eigenvalue weighted by Crippen LogP contribution is 2.29. The van der Waals surface area contributed by atoms with Gasteiger partial charge in [0.25, 0.3) is 0 Å². The second-order valence-corrected chi connectivity index (χ2v) is 13.6. The van der Waals surface area contributed by atoms with E-state index >= 15 is 0 Å². The predicted molar refractivity (Wildman–Crippen MR) is 178 cm³/mol. The summed E-state index contributed by atoms with van der Waals surface area (Å²) in [7, 11) is 0. The molecule has 0 saturated heterocycles. The van der Waals surface area contributed by atoms with Crippen molar-refractivity contribution in [2.24, 2.45) is 29.4 Å². The van der Waals surface area contributed by atoms with Gasteiger partial charge in [0.05, 0.1) is 55.8 Å². The van der Waals surface area contributed by atoms with Gasteiger partial charge in [-0.2, -0.15) is 0 Å². The summed E-state index contributed by atoms with van der Waals surface area (Å²) in [4.78, 5) is 71.6. The number of hydrogen-bond acceptors (Lipinski definition) is 12. The van der Waals surface area contributed by atoms with Crippen LogP contribution in [-0.2, 0) is 38.2 Å². The average molecular weight is 722 g/mol. The summed E-state index contributed by atoms with van der Waals surface area (Å²) >= 11 is 0. The third-order valence-corrected chi connectivity index (χ3v) is 8.61. The summed E-state index contributed by atoms with van der Waals surface area (Å²) in [5.74, 6) is -12.0. The predicted octanol–water partition coefficient (Wildman–Crippen LogP) is 2.56. The topological polar surface area (TPSA) is 289 Å². The van der Waals surface area contributed by atoms with Crippen molar-refractivity contribution in [2.75, 3.05) is 0 Å². The normalized spacial score (nSPS) is 17.5. The number of aliphatic hydroxyl groups is 3. The van der Waals surface area contributed by atoms with Crippen LogP contribution in [0.25, 0.3) is 0 Å². The van der Waals surface area contributed by atoms with Gasteiger partial charge in [-0.3, -0.25) is 28.8 Å². The second-order valence-electron chi connectivity index (χ2n) is 13.6. The molecule has 9 N–H and O–H groups in total. The third kappa shape index (κ3) is 21.0. The molecule has 0 spiro atoms. The van der Waals surface area contributed by atoms with Gasteiger partial charge in [-0.05, 0) is 50.9 Å². The van der Waals surface area contributed by atoms with Crippen LogP contribution >= 0.6 is 0 Å². The van der Waals surface area contributed by atoms with E-state index in [1.165, 1.54) is 0 Å². The molecule has 50 heavy (non-hydrogen) atoms. The molecule has 290 valence electrons. The first-order valence-electron chi connectivity index (χ1n) is 17.3. The summed E-state index contributed by atoms with van der Waals surface area (Å²) in [6.45, 7) is 7.06. The number of carbonyl (C=O) groups is 6. The molecule has 16 heteroatoms. The summed E-state index contributed by atoms with van der Waals surface area (Å²) in [5.41, 5.74) is 5.63. The highest BCUT2D eigenvalue weighted by atomic mass is 16.6. The Bertz CT molecular complexity index is 1070. The maximum absolute atomic E-state index is 13.0. The van der Waals surface area contributed by atoms with Crippen molar-refractivity contribution in [3.63, 3.8) is 0 Å². The van der Waals surface area contributed by atoms with Crippen LogP contribution in [0.3, 0.4) is 0 Å². The number of carboxylic acids is 4. The lowest BCUT2D eigenvalue weighted by Crippen LogP contribution is -2.42. The van der Waals surface area contributed by atoms with E-state index in [0.29, 0.717) is 38.5 Å². The van der Waals surface area contributed by atoms with E-state index in [1.807, 2.05) is 6.92 Å². The van der Waals surface area contributed by atoms with E-state index in [4.69, 9.17) is 25.4 Å². The van der Waals surface area contributed by atoms with E-state index in [9.17, 15) is 54.3 Å². The van der Waals surface area contributed by atoms with Gasteiger partial charge in [-0.1, -0.05) is 46.5 Å². The number of esters is 2. The Hall–Kier alpha value is -3.34. The molecule has 0 rings (SSSR count). The van der Waals surface area contributed by atoms with Crippen LogP contribution in [0.2, 0.25) is 0 Å². The first kappa shape index (κ1) is 46.7. The van der Waals surface area contributed by atoms with Gasteiger partial charge in [-0.15, -0.1) is 0 Å². The molecule has 0 bridgehead atoms. The first-order valence-corrected chi connectivity index (χ1v) is 17.3. The van der Waals surface area contributed by atoms with Crippen LogP contribution in [0.5, 0.6) is 0 Å². The molecule has 0 aliphatic carbocycles. The summed E-state index contributed by atoms with van der Waals surface area (Å²) in [6.07, 6.45) is -3.74. The lowest BCUT2D eigenvalue weighted by atomic mass is 9.87. The standard InChI is InChI=1S/C34H59NO15/c1-5-6-9-20(3)32(50-31(44)17-23(34(47)48)15-29(41)42)27(49-30(43)16-22(33(45)46)14-28(39)40)13-19(2)12-24(36)10-7-8-11-25(37)18-26(38)21(4)35/h19-27,32,36-38H,5-18,35H2,1-4H3,(H,39,40)(H,41,42)(H,45,46)(H,47,48)/t19-,20+,21-,22?,23?,24-,25+,26-,27-,32-/m0/s1. The van der Waals surface area contributed by atoms with Crippen LogP contribution < -0.4 is 5.73 Å². The molecule has 0 aromatic carbocycles. The molecular formula is C34H59NO15. The maximum Gasteiger partial charge on any atom is 0.307 e. The number of ether oxygens (including phenoxy) is 2. The first-order chi connectivity index (χ1) is 23.3. The third-order valence-electron chi connectivity index (χ3n) is 8.61. The van der Waals surface area contributed by atoms with E-state index in [2.05, 4.69) is 0 Å². The second kappa shape index (κ2) is 24.7. The molecule has 0 heterocycles. The molecule has 0 aromatic heterocycles. The smallest absolute Gasteiger partial charge is 0.307 e. The Morgan fingerprint density at radius 2 is 1.08 bits per heavy atom. The molecule has 0 aliphatic rings. The fourth-order valence-corrected chi connectivity index (χ4v) is 5.68. The highest BCUT2D eigenvalue weighted by Gasteiger charge is 2.37. The number of nitrogens with two attached hydrogens (primary N) is 1. The van der Waals surface area contributed by atoms with Gasteiger partial charge in [0, 0.05) is 12.5 Å². The van der Waals surface area contributed by atoms with E-state index in [1.54, 1.807) is 20.8 Å². The summed E-state index contributed by atoms with van der Waals surface area (Å²) in [5, 5.41) is 67.8. The Morgan fingerprint density at radius 3 is 1.50 bits per heavy atom. The average Bonchev–Trinajstić information content (AvgIpc) is 2.99. The minimum atomic E-state index is -1.59. The van der Waals surface area contributed by atoms with Gasteiger partial charge in [0.2, 0.25) is 0 Å². The lowest BCUT2D eigenvalue weighted by molar-refractivity contribution is -0.177. The lowest BCUT2D eigenvalue weighted by Gasteiger charge is -2.33. The Morgan fingerprint density at radius 1 is 0.620 bits per heavy atom. The number of carbonyl (C=O) groups excluding carboxylic acids is 2. The van der Waals surface area contributed by atoms with Gasteiger partial charge >= 0.3 is 35.8 Å². The highest BCUT2D eigenvalue weighted by molar-refractivity contribution is 5.83. The molecule has 0 aromatic rings. The summed E-state index contributed by atoms with van der Waals surface area (Å²) < 4.78 is 11.4. The maximum atomic E-state index is 13.0. The molecule has 0 aliphatic heterocycles. The molecule has 0 saturated carbocycles. The minimum absolute atomic E-state index is 0.0270. The molecular weight excluding hydrogens is 662 g/mol. The number of hydrogen-bond donors (Lipinski definition) is 8. The van der Waals surface area contributed by atoms with E-state index in [0.717, 1.165) is 6.42 Å². The fourth-order valence-electron chi connectivity index (χ4n) is 5.68. The number of carboxylic acid groups (broad SMARTS) is 4. The number of rotatable bonds is 29. The Balaban J connectivity index is 5.98. The van der Waals surface area contributed by atoms with Gasteiger partial charge in [-0.25, -0.2) is 0 Å². The molecule has 16 nitrogen and oxygen atoms in total. The minimum Gasteiger partial charge on any atom is -0.481 e. The van der Waals surface area contributed by atoms with Crippen LogP contribution in [0.1, 0.15) is 118 Å². The van der Waals surface area contributed by atoms with Crippen molar-refractivity contribution in [1.29, 1.82) is 0 Å². The van der Waals surface area contributed by atoms with Gasteiger partial charge < -0.3 is 51.0 Å². The zero-order valence-electron chi connectivity index (χ0n) is 29.6. The fraction of sp³-hybridized carbons (Fsp3) is 0.824. The SMILES string of the molecule is CCCC[C@@H](C)[C@H](OC(=O)CC(CC(=O)O)C(=O)O)[C@H](C[C@@H](C)C[C@@H](O)CCCC[C@@H](O)C[C@H](O)[C@H](C)N)OC(=O)CC(CC(=O)O)C(=O)O. The van der Waals surface area contributed by atoms with Crippen molar-refractivity contribution in [2.45, 2.75) is 154 Å². The molecule has 2 unspecified atom stereocenters. The quantitative estimate of drug-likeness (QED) is 0.0407. The Labute approximate surface area is 293 Å². The van der Waals surface area contributed by atoms with Crippen molar-refractivity contribution in [1.82, 2.24) is 0 Å². The van der Waals surface area contributed by atoms with Gasteiger partial charge in [0.15, 0.2) is 0 Å². The van der Waals surface area contributed by atoms with E-state index < -0.39 is 116 Å². The monoisotopic (exact) mass is 721 g/mol. The van der Waals surface area contributed by atoms with Gasteiger partial charge in [0.1, 0.15) is 12.2 Å². The molecule has 0 fully saturated rings. The number of unbranched alkanes of at least 4 members (excludes halogenated alkanes) is 2. The van der Waals surface area contributed by atoms with Crippen molar-refractivity contribution >= 4 is 35.8 Å². The van der Waals surface area contributed by atoms with Crippen LogP contribution in [0.4, 0.5) is 0 Å². The van der Waals surface area contributed by atoms with Crippen molar-refractivity contribution in [3.8, 4) is 0 Å². The summed E-state index contributed by atoms with van der Waals surface area (Å²) in [6, 6.07) is -0.476. The zero-order chi connectivity index (χ0) is 38.6.